The smallest absolute Gasteiger partial charge is 0.180 e. The molecule has 0 aliphatic rings. The molecule has 29 heavy (non-hydrogen) atoms. The Bertz CT molecular complexity index is 992. The summed E-state index contributed by atoms with van der Waals surface area (Å²) >= 11 is 18.6. The van der Waals surface area contributed by atoms with Crippen LogP contribution in [0, 0.1) is 6.92 Å². The zero-order valence-corrected chi connectivity index (χ0v) is 18.5. The Morgan fingerprint density at radius 2 is 1.66 bits per heavy atom. The van der Waals surface area contributed by atoms with Crippen LogP contribution in [0.1, 0.15) is 23.6 Å². The van der Waals surface area contributed by atoms with Gasteiger partial charge in [0.2, 0.25) is 0 Å². The Balaban J connectivity index is 1.75. The van der Waals surface area contributed by atoms with E-state index in [-0.39, 0.29) is 0 Å². The molecule has 6 heteroatoms. The van der Waals surface area contributed by atoms with Crippen LogP contribution in [0.5, 0.6) is 11.5 Å². The van der Waals surface area contributed by atoms with Gasteiger partial charge in [-0.05, 0) is 55.3 Å². The lowest BCUT2D eigenvalue weighted by Gasteiger charge is -2.16. The lowest BCUT2D eigenvalue weighted by atomic mass is 10.1. The Kier molecular flexibility index (Phi) is 7.54. The molecule has 0 unspecified atom stereocenters. The van der Waals surface area contributed by atoms with Crippen LogP contribution < -0.4 is 14.8 Å². The minimum atomic E-state index is 0.419. The third-order valence-corrected chi connectivity index (χ3v) is 5.27. The molecule has 0 aliphatic carbocycles. The SMILES string of the molecule is CCOc1cc(CNc2ccc(Cl)c(Cl)c2)cc(Cl)c1OCc1cccc(C)c1. The highest BCUT2D eigenvalue weighted by Gasteiger charge is 2.13. The number of rotatable bonds is 8. The van der Waals surface area contributed by atoms with Crippen molar-refractivity contribution in [2.75, 3.05) is 11.9 Å². The molecule has 0 saturated carbocycles. The molecule has 0 atom stereocenters. The van der Waals surface area contributed by atoms with Gasteiger partial charge in [0, 0.05) is 12.2 Å². The number of halogens is 3. The fourth-order valence-corrected chi connectivity index (χ4v) is 3.48. The number of ether oxygens (including phenoxy) is 2. The predicted molar refractivity (Wildman–Crippen MR) is 122 cm³/mol. The van der Waals surface area contributed by atoms with Gasteiger partial charge in [0.15, 0.2) is 11.5 Å². The monoisotopic (exact) mass is 449 g/mol. The average Bonchev–Trinajstić information content (AvgIpc) is 2.68. The molecule has 3 nitrogen and oxygen atoms in total. The van der Waals surface area contributed by atoms with Gasteiger partial charge >= 0.3 is 0 Å². The molecular formula is C23H22Cl3NO2. The summed E-state index contributed by atoms with van der Waals surface area (Å²) in [5.74, 6) is 1.17. The maximum atomic E-state index is 6.52. The third kappa shape index (κ3) is 5.96. The standard InChI is InChI=1S/C23H22Cl3NO2/c1-3-28-22-11-17(13-27-18-7-8-19(24)20(25)12-18)10-21(26)23(22)29-14-16-6-4-5-15(2)9-16/h4-12,27H,3,13-14H2,1-2H3. The topological polar surface area (TPSA) is 30.5 Å². The maximum absolute atomic E-state index is 6.52. The number of hydrogen-bond acceptors (Lipinski definition) is 3. The Labute approximate surface area is 186 Å². The van der Waals surface area contributed by atoms with Crippen molar-refractivity contribution in [1.29, 1.82) is 0 Å². The quantitative estimate of drug-likeness (QED) is 0.384. The lowest BCUT2D eigenvalue weighted by Crippen LogP contribution is -2.04. The minimum Gasteiger partial charge on any atom is -0.490 e. The zero-order chi connectivity index (χ0) is 20.8. The fourth-order valence-electron chi connectivity index (χ4n) is 2.89. The summed E-state index contributed by atoms with van der Waals surface area (Å²) in [6.07, 6.45) is 0. The van der Waals surface area contributed by atoms with Crippen molar-refractivity contribution in [3.63, 3.8) is 0 Å². The van der Waals surface area contributed by atoms with Crippen LogP contribution in [-0.4, -0.2) is 6.61 Å². The first-order chi connectivity index (χ1) is 14.0. The van der Waals surface area contributed by atoms with Gasteiger partial charge in [-0.2, -0.15) is 0 Å². The molecule has 3 aromatic carbocycles. The second kappa shape index (κ2) is 10.1. The molecule has 1 N–H and O–H groups in total. The van der Waals surface area contributed by atoms with E-state index in [1.807, 2.05) is 37.3 Å². The summed E-state index contributed by atoms with van der Waals surface area (Å²) < 4.78 is 11.8. The van der Waals surface area contributed by atoms with Gasteiger partial charge in [0.25, 0.3) is 0 Å². The lowest BCUT2D eigenvalue weighted by molar-refractivity contribution is 0.269. The summed E-state index contributed by atoms with van der Waals surface area (Å²) in [7, 11) is 0. The second-order valence-electron chi connectivity index (χ2n) is 6.60. The molecule has 0 bridgehead atoms. The van der Waals surface area contributed by atoms with Crippen LogP contribution >= 0.6 is 34.8 Å². The molecule has 152 valence electrons. The molecule has 0 heterocycles. The number of hydrogen-bond donors (Lipinski definition) is 1. The largest absolute Gasteiger partial charge is 0.490 e. The van der Waals surface area contributed by atoms with Gasteiger partial charge in [0.1, 0.15) is 6.61 Å². The highest BCUT2D eigenvalue weighted by Crippen LogP contribution is 2.37. The molecule has 0 fully saturated rings. The van der Waals surface area contributed by atoms with Gasteiger partial charge in [-0.25, -0.2) is 0 Å². The highest BCUT2D eigenvalue weighted by molar-refractivity contribution is 6.42. The Morgan fingerprint density at radius 1 is 0.828 bits per heavy atom. The number of nitrogens with one attached hydrogen (secondary N) is 1. The molecule has 3 rings (SSSR count). The van der Waals surface area contributed by atoms with E-state index < -0.39 is 0 Å². The molecule has 0 radical (unpaired) electrons. The minimum absolute atomic E-state index is 0.419. The predicted octanol–water partition coefficient (Wildman–Crippen LogP) is 7.55. The van der Waals surface area contributed by atoms with Crippen molar-refractivity contribution >= 4 is 40.5 Å². The van der Waals surface area contributed by atoms with E-state index in [1.54, 1.807) is 12.1 Å². The van der Waals surface area contributed by atoms with E-state index in [0.717, 1.165) is 16.8 Å². The normalized spacial score (nSPS) is 10.7. The summed E-state index contributed by atoms with van der Waals surface area (Å²) in [4.78, 5) is 0. The summed E-state index contributed by atoms with van der Waals surface area (Å²) in [5.41, 5.74) is 4.10. The van der Waals surface area contributed by atoms with E-state index in [1.165, 1.54) is 5.56 Å². The van der Waals surface area contributed by atoms with Gasteiger partial charge < -0.3 is 14.8 Å². The second-order valence-corrected chi connectivity index (χ2v) is 7.82. The summed E-state index contributed by atoms with van der Waals surface area (Å²) in [5, 5.41) is 4.85. The van der Waals surface area contributed by atoms with Gasteiger partial charge in [-0.1, -0.05) is 64.6 Å². The summed E-state index contributed by atoms with van der Waals surface area (Å²) in [6.45, 7) is 5.47. The van der Waals surface area contributed by atoms with Gasteiger partial charge in [-0.3, -0.25) is 0 Å². The third-order valence-electron chi connectivity index (χ3n) is 4.25. The molecule has 0 aromatic heterocycles. The van der Waals surface area contributed by atoms with Crippen molar-refractivity contribution in [2.45, 2.75) is 27.0 Å². The van der Waals surface area contributed by atoms with Crippen LogP contribution in [-0.2, 0) is 13.2 Å². The van der Waals surface area contributed by atoms with Crippen molar-refractivity contribution in [1.82, 2.24) is 0 Å². The Hall–Kier alpha value is -2.07. The van der Waals surface area contributed by atoms with Crippen LogP contribution in [0.15, 0.2) is 54.6 Å². The van der Waals surface area contributed by atoms with Crippen LogP contribution in [0.4, 0.5) is 5.69 Å². The van der Waals surface area contributed by atoms with E-state index in [2.05, 4.69) is 24.4 Å². The maximum Gasteiger partial charge on any atom is 0.180 e. The van der Waals surface area contributed by atoms with Crippen LogP contribution in [0.25, 0.3) is 0 Å². The molecule has 0 aliphatic heterocycles. The Morgan fingerprint density at radius 3 is 2.38 bits per heavy atom. The number of benzene rings is 3. The van der Waals surface area contributed by atoms with Crippen molar-refractivity contribution in [3.05, 3.63) is 86.4 Å². The van der Waals surface area contributed by atoms with E-state index in [9.17, 15) is 0 Å². The van der Waals surface area contributed by atoms with Crippen molar-refractivity contribution in [3.8, 4) is 11.5 Å². The van der Waals surface area contributed by atoms with E-state index in [4.69, 9.17) is 44.3 Å². The van der Waals surface area contributed by atoms with Crippen LogP contribution in [0.3, 0.4) is 0 Å². The highest BCUT2D eigenvalue weighted by atomic mass is 35.5. The molecule has 3 aromatic rings. The molecule has 0 saturated heterocycles. The summed E-state index contributed by atoms with van der Waals surface area (Å²) in [6, 6.07) is 17.4. The fraction of sp³-hybridized carbons (Fsp3) is 0.217. The number of anilines is 1. The molecule has 0 spiro atoms. The van der Waals surface area contributed by atoms with Crippen molar-refractivity contribution < 1.29 is 9.47 Å². The van der Waals surface area contributed by atoms with Gasteiger partial charge in [0.05, 0.1) is 21.7 Å². The van der Waals surface area contributed by atoms with E-state index >= 15 is 0 Å². The molecular weight excluding hydrogens is 429 g/mol. The average molecular weight is 451 g/mol. The first-order valence-electron chi connectivity index (χ1n) is 9.28. The van der Waals surface area contributed by atoms with Crippen LogP contribution in [0.2, 0.25) is 15.1 Å². The first kappa shape index (κ1) is 21.6. The molecule has 0 amide bonds. The van der Waals surface area contributed by atoms with Crippen molar-refractivity contribution in [2.24, 2.45) is 0 Å². The first-order valence-corrected chi connectivity index (χ1v) is 10.4. The van der Waals surface area contributed by atoms with Gasteiger partial charge in [-0.15, -0.1) is 0 Å². The van der Waals surface area contributed by atoms with E-state index in [0.29, 0.717) is 46.3 Å². The number of aryl methyl sites for hydroxylation is 1. The zero-order valence-electron chi connectivity index (χ0n) is 16.3.